The molecule has 0 saturated heterocycles. The van der Waals surface area contributed by atoms with Crippen LogP contribution in [0.15, 0.2) is 48.5 Å². The van der Waals surface area contributed by atoms with Crippen LogP contribution in [0, 0.1) is 5.82 Å². The Morgan fingerprint density at radius 2 is 1.75 bits per heavy atom. The van der Waals surface area contributed by atoms with Crippen molar-refractivity contribution < 1.29 is 14.0 Å². The predicted octanol–water partition coefficient (Wildman–Crippen LogP) is 3.77. The number of nitrogens with zero attached hydrogens (tertiary/aromatic N) is 1. The number of nitrogens with one attached hydrogen (secondary N) is 1. The number of amides is 2. The van der Waals surface area contributed by atoms with Crippen LogP contribution >= 0.6 is 0 Å². The lowest BCUT2D eigenvalue weighted by Gasteiger charge is -2.21. The van der Waals surface area contributed by atoms with Crippen LogP contribution in [0.3, 0.4) is 0 Å². The quantitative estimate of drug-likeness (QED) is 0.877. The molecule has 4 nitrogen and oxygen atoms in total. The Balaban J connectivity index is 1.99. The van der Waals surface area contributed by atoms with E-state index < -0.39 is 5.82 Å². The summed E-state index contributed by atoms with van der Waals surface area (Å²) in [6.07, 6.45) is 1.01. The van der Waals surface area contributed by atoms with E-state index >= 15 is 0 Å². The third-order valence-electron chi connectivity index (χ3n) is 3.75. The van der Waals surface area contributed by atoms with Gasteiger partial charge in [0, 0.05) is 25.6 Å². The number of hydrogen-bond donors (Lipinski definition) is 1. The van der Waals surface area contributed by atoms with Crippen LogP contribution in [0.5, 0.6) is 0 Å². The molecule has 0 bridgehead atoms. The molecule has 126 valence electrons. The first-order valence-electron chi connectivity index (χ1n) is 7.92. The van der Waals surface area contributed by atoms with Gasteiger partial charge in [0.2, 0.25) is 11.8 Å². The van der Waals surface area contributed by atoms with Crippen LogP contribution in [0.1, 0.15) is 25.8 Å². The van der Waals surface area contributed by atoms with Gasteiger partial charge in [-0.25, -0.2) is 4.39 Å². The van der Waals surface area contributed by atoms with E-state index in [1.165, 1.54) is 24.6 Å². The summed E-state index contributed by atoms with van der Waals surface area (Å²) in [5.41, 5.74) is 2.07. The minimum atomic E-state index is -0.482. The number of benzene rings is 2. The van der Waals surface area contributed by atoms with Crippen molar-refractivity contribution in [1.82, 2.24) is 0 Å². The number of para-hydroxylation sites is 1. The molecule has 2 amide bonds. The second kappa shape index (κ2) is 8.24. The fraction of sp³-hybridized carbons (Fsp3) is 0.263. The number of anilines is 2. The van der Waals surface area contributed by atoms with Gasteiger partial charge in [-0.15, -0.1) is 0 Å². The van der Waals surface area contributed by atoms with E-state index in [0.717, 1.165) is 12.1 Å². The van der Waals surface area contributed by atoms with Gasteiger partial charge in [-0.05, 0) is 36.2 Å². The highest BCUT2D eigenvalue weighted by Gasteiger charge is 2.14. The number of carbonyl (C=O) groups excluding carboxylic acids is 2. The van der Waals surface area contributed by atoms with Gasteiger partial charge in [-0.2, -0.15) is 0 Å². The van der Waals surface area contributed by atoms with Crippen molar-refractivity contribution in [1.29, 1.82) is 0 Å². The van der Waals surface area contributed by atoms with Gasteiger partial charge in [-0.3, -0.25) is 9.59 Å². The summed E-state index contributed by atoms with van der Waals surface area (Å²) in [5, 5.41) is 2.52. The smallest absolute Gasteiger partial charge is 0.226 e. The van der Waals surface area contributed by atoms with Gasteiger partial charge in [0.05, 0.1) is 5.69 Å². The van der Waals surface area contributed by atoms with Crippen molar-refractivity contribution in [3.63, 3.8) is 0 Å². The highest BCUT2D eigenvalue weighted by Crippen LogP contribution is 2.17. The van der Waals surface area contributed by atoms with E-state index in [9.17, 15) is 14.0 Å². The van der Waals surface area contributed by atoms with Crippen LogP contribution in [0.2, 0.25) is 0 Å². The maximum absolute atomic E-state index is 13.5. The van der Waals surface area contributed by atoms with Crippen molar-refractivity contribution in [2.45, 2.75) is 26.7 Å². The van der Waals surface area contributed by atoms with Crippen LogP contribution in [0.4, 0.5) is 15.8 Å². The lowest BCUT2D eigenvalue weighted by molar-refractivity contribution is -0.117. The molecule has 1 N–H and O–H groups in total. The Hall–Kier alpha value is -2.69. The molecule has 0 heterocycles. The molecule has 2 aromatic carbocycles. The lowest BCUT2D eigenvalue weighted by Crippen LogP contribution is -2.32. The molecule has 0 saturated carbocycles. The number of halogens is 1. The van der Waals surface area contributed by atoms with E-state index in [1.807, 2.05) is 24.3 Å². The zero-order valence-electron chi connectivity index (χ0n) is 13.9. The zero-order chi connectivity index (χ0) is 17.5. The van der Waals surface area contributed by atoms with Gasteiger partial charge in [0.1, 0.15) is 5.82 Å². The largest absolute Gasteiger partial charge is 0.324 e. The molecule has 24 heavy (non-hydrogen) atoms. The summed E-state index contributed by atoms with van der Waals surface area (Å²) < 4.78 is 13.5. The molecule has 0 aliphatic carbocycles. The van der Waals surface area contributed by atoms with Crippen LogP contribution < -0.4 is 10.2 Å². The van der Waals surface area contributed by atoms with Gasteiger partial charge in [-0.1, -0.05) is 31.2 Å². The number of carbonyl (C=O) groups is 2. The summed E-state index contributed by atoms with van der Waals surface area (Å²) in [6.45, 7) is 3.76. The Morgan fingerprint density at radius 3 is 2.33 bits per heavy atom. The third-order valence-corrected chi connectivity index (χ3v) is 3.75. The van der Waals surface area contributed by atoms with E-state index in [1.54, 1.807) is 17.0 Å². The highest BCUT2D eigenvalue weighted by molar-refractivity contribution is 5.94. The maximum atomic E-state index is 13.5. The molecule has 5 heteroatoms. The van der Waals surface area contributed by atoms with Crippen molar-refractivity contribution in [3.05, 3.63) is 59.9 Å². The standard InChI is InChI=1S/C19H21FN2O2/c1-3-15-8-10-16(11-9-15)22(14(2)23)13-12-19(24)21-18-7-5-4-6-17(18)20/h4-11H,3,12-13H2,1-2H3,(H,21,24). The maximum Gasteiger partial charge on any atom is 0.226 e. The first kappa shape index (κ1) is 17.7. The monoisotopic (exact) mass is 328 g/mol. The molecular formula is C19H21FN2O2. The zero-order valence-corrected chi connectivity index (χ0v) is 13.9. The molecular weight excluding hydrogens is 307 g/mol. The number of aryl methyl sites for hydroxylation is 1. The first-order chi connectivity index (χ1) is 11.5. The molecule has 0 radical (unpaired) electrons. The topological polar surface area (TPSA) is 49.4 Å². The fourth-order valence-electron chi connectivity index (χ4n) is 2.37. The molecule has 0 aliphatic heterocycles. The van der Waals surface area contributed by atoms with E-state index in [4.69, 9.17) is 0 Å². The molecule has 0 aliphatic rings. The number of rotatable bonds is 6. The fourth-order valence-corrected chi connectivity index (χ4v) is 2.37. The molecule has 2 aromatic rings. The van der Waals surface area contributed by atoms with Gasteiger partial charge in [0.15, 0.2) is 0 Å². The summed E-state index contributed by atoms with van der Waals surface area (Å²) in [6, 6.07) is 13.7. The van der Waals surface area contributed by atoms with E-state index in [2.05, 4.69) is 12.2 Å². The second-order valence-corrected chi connectivity index (χ2v) is 5.47. The predicted molar refractivity (Wildman–Crippen MR) is 93.5 cm³/mol. The second-order valence-electron chi connectivity index (χ2n) is 5.47. The van der Waals surface area contributed by atoms with Crippen LogP contribution in [0.25, 0.3) is 0 Å². The van der Waals surface area contributed by atoms with Crippen molar-refractivity contribution in [2.24, 2.45) is 0 Å². The minimum Gasteiger partial charge on any atom is -0.324 e. The van der Waals surface area contributed by atoms with Crippen molar-refractivity contribution in [3.8, 4) is 0 Å². The molecule has 0 unspecified atom stereocenters. The Morgan fingerprint density at radius 1 is 1.08 bits per heavy atom. The van der Waals surface area contributed by atoms with Gasteiger partial charge in [0.25, 0.3) is 0 Å². The SMILES string of the molecule is CCc1ccc(N(CCC(=O)Nc2ccccc2F)C(C)=O)cc1. The highest BCUT2D eigenvalue weighted by atomic mass is 19.1. The Kier molecular flexibility index (Phi) is 6.07. The summed E-state index contributed by atoms with van der Waals surface area (Å²) in [7, 11) is 0. The minimum absolute atomic E-state index is 0.0867. The molecule has 0 spiro atoms. The normalized spacial score (nSPS) is 10.3. The Labute approximate surface area is 141 Å². The molecule has 2 rings (SSSR count). The first-order valence-corrected chi connectivity index (χ1v) is 7.92. The Bertz CT molecular complexity index is 714. The molecule has 0 aromatic heterocycles. The average Bonchev–Trinajstić information content (AvgIpc) is 2.57. The summed E-state index contributed by atoms with van der Waals surface area (Å²) in [4.78, 5) is 25.4. The third kappa shape index (κ3) is 4.65. The molecule has 0 atom stereocenters. The van der Waals surface area contributed by atoms with Crippen molar-refractivity contribution >= 4 is 23.2 Å². The average molecular weight is 328 g/mol. The summed E-state index contributed by atoms with van der Waals surface area (Å²) in [5.74, 6) is -0.959. The van der Waals surface area contributed by atoms with Gasteiger partial charge >= 0.3 is 0 Å². The van der Waals surface area contributed by atoms with Crippen molar-refractivity contribution in [2.75, 3.05) is 16.8 Å². The van der Waals surface area contributed by atoms with Gasteiger partial charge < -0.3 is 10.2 Å². The summed E-state index contributed by atoms with van der Waals surface area (Å²) >= 11 is 0. The van der Waals surface area contributed by atoms with Crippen LogP contribution in [-0.2, 0) is 16.0 Å². The molecule has 0 fully saturated rings. The van der Waals surface area contributed by atoms with E-state index in [-0.39, 0.29) is 30.5 Å². The number of hydrogen-bond acceptors (Lipinski definition) is 2. The lowest BCUT2D eigenvalue weighted by atomic mass is 10.1. The van der Waals surface area contributed by atoms with E-state index in [0.29, 0.717) is 0 Å². The van der Waals surface area contributed by atoms with Crippen LogP contribution in [-0.4, -0.2) is 18.4 Å².